The maximum absolute atomic E-state index is 13.3. The minimum Gasteiger partial charge on any atom is -1.00 e. The van der Waals surface area contributed by atoms with Crippen LogP contribution in [0.25, 0.3) is 0 Å². The first-order valence-electron chi connectivity index (χ1n) is 8.96. The quantitative estimate of drug-likeness (QED) is 0.356. The number of halogens is 1. The maximum atomic E-state index is 13.3. The Morgan fingerprint density at radius 3 is 2.52 bits per heavy atom. The minimum absolute atomic E-state index is 0. The Morgan fingerprint density at radius 1 is 1.22 bits per heavy atom. The van der Waals surface area contributed by atoms with Gasteiger partial charge in [-0.25, -0.2) is 0 Å². The summed E-state index contributed by atoms with van der Waals surface area (Å²) in [6.07, 6.45) is 6.47. The van der Waals surface area contributed by atoms with Crippen LogP contribution in [0.5, 0.6) is 0 Å². The van der Waals surface area contributed by atoms with Gasteiger partial charge in [0.15, 0.2) is 0 Å². The van der Waals surface area contributed by atoms with Gasteiger partial charge >= 0.3 is 5.97 Å². The van der Waals surface area contributed by atoms with E-state index in [0.717, 1.165) is 49.8 Å². The van der Waals surface area contributed by atoms with Gasteiger partial charge in [-0.05, 0) is 32.1 Å². The highest BCUT2D eigenvalue weighted by atomic mass is 127. The SMILES string of the molecule is C[N+]1(C)C[C@@H]2CCC[N+]3([O-])CCC[C@@H]([C@H]23)[C@H]1CCCC(=O)O.[I-]. The third-order valence-corrected chi connectivity index (χ3v) is 6.64. The molecule has 0 aromatic carbocycles. The predicted molar refractivity (Wildman–Crippen MR) is 84.8 cm³/mol. The van der Waals surface area contributed by atoms with Crippen molar-refractivity contribution in [2.75, 3.05) is 33.7 Å². The first-order chi connectivity index (χ1) is 10.3. The average molecular weight is 438 g/mol. The third-order valence-electron chi connectivity index (χ3n) is 6.64. The van der Waals surface area contributed by atoms with Gasteiger partial charge in [0.2, 0.25) is 0 Å². The number of quaternary nitrogens is 2. The second-order valence-corrected chi connectivity index (χ2v) is 8.41. The summed E-state index contributed by atoms with van der Waals surface area (Å²) in [6.45, 7) is 2.72. The highest BCUT2D eigenvalue weighted by Gasteiger charge is 2.57. The molecule has 1 unspecified atom stereocenters. The van der Waals surface area contributed by atoms with E-state index in [4.69, 9.17) is 5.11 Å². The van der Waals surface area contributed by atoms with Crippen molar-refractivity contribution in [3.63, 3.8) is 0 Å². The highest BCUT2D eigenvalue weighted by Crippen LogP contribution is 2.48. The molecular formula is C17H31IN2O3. The number of hydroxylamine groups is 3. The molecule has 23 heavy (non-hydrogen) atoms. The molecule has 0 amide bonds. The van der Waals surface area contributed by atoms with Gasteiger partial charge in [-0.15, -0.1) is 0 Å². The fraction of sp³-hybridized carbons (Fsp3) is 0.941. The van der Waals surface area contributed by atoms with Gasteiger partial charge in [0.05, 0.1) is 51.6 Å². The average Bonchev–Trinajstić information content (AvgIpc) is 2.40. The molecule has 134 valence electrons. The van der Waals surface area contributed by atoms with Crippen molar-refractivity contribution in [1.82, 2.24) is 0 Å². The number of likely N-dealkylation sites (tertiary alicyclic amines) is 1. The van der Waals surface area contributed by atoms with Crippen LogP contribution in [0.4, 0.5) is 0 Å². The van der Waals surface area contributed by atoms with Crippen molar-refractivity contribution < 1.29 is 43.0 Å². The summed E-state index contributed by atoms with van der Waals surface area (Å²) >= 11 is 0. The Balaban J connectivity index is 0.00000192. The first kappa shape index (κ1) is 19.4. The lowest BCUT2D eigenvalue weighted by Gasteiger charge is -2.64. The van der Waals surface area contributed by atoms with Crippen LogP contribution in [-0.4, -0.2) is 66.0 Å². The summed E-state index contributed by atoms with van der Waals surface area (Å²) < 4.78 is 1.04. The molecular weight excluding hydrogens is 407 g/mol. The molecule has 0 aliphatic carbocycles. The van der Waals surface area contributed by atoms with Crippen LogP contribution in [0.15, 0.2) is 0 Å². The fourth-order valence-corrected chi connectivity index (χ4v) is 5.95. The number of hydrogen-bond donors (Lipinski definition) is 1. The monoisotopic (exact) mass is 438 g/mol. The molecule has 3 saturated heterocycles. The Hall–Kier alpha value is 0.0800. The lowest BCUT2D eigenvalue weighted by molar-refractivity contribution is -0.977. The van der Waals surface area contributed by atoms with Crippen LogP contribution in [-0.2, 0) is 4.79 Å². The summed E-state index contributed by atoms with van der Waals surface area (Å²) in [7, 11) is 4.59. The van der Waals surface area contributed by atoms with Crippen LogP contribution >= 0.6 is 0 Å². The molecule has 1 N–H and O–H groups in total. The lowest BCUT2D eigenvalue weighted by Crippen LogP contribution is -3.00. The Morgan fingerprint density at radius 2 is 1.87 bits per heavy atom. The number of aliphatic carboxylic acids is 1. The number of piperidine rings is 3. The molecule has 0 saturated carbocycles. The number of carboxylic acids is 1. The van der Waals surface area contributed by atoms with Crippen molar-refractivity contribution in [2.24, 2.45) is 11.8 Å². The molecule has 3 aliphatic rings. The second-order valence-electron chi connectivity index (χ2n) is 8.41. The van der Waals surface area contributed by atoms with E-state index < -0.39 is 5.97 Å². The molecule has 0 aromatic heterocycles. The number of rotatable bonds is 4. The zero-order valence-corrected chi connectivity index (χ0v) is 16.6. The van der Waals surface area contributed by atoms with Crippen molar-refractivity contribution in [2.45, 2.75) is 57.0 Å². The largest absolute Gasteiger partial charge is 1.00 e. The van der Waals surface area contributed by atoms with Crippen LogP contribution in [0.1, 0.15) is 44.9 Å². The van der Waals surface area contributed by atoms with Gasteiger partial charge in [-0.2, -0.15) is 0 Å². The Bertz CT molecular complexity index is 442. The molecule has 5 nitrogen and oxygen atoms in total. The molecule has 0 bridgehead atoms. The van der Waals surface area contributed by atoms with Crippen LogP contribution in [0, 0.1) is 17.0 Å². The van der Waals surface area contributed by atoms with Gasteiger partial charge < -0.3 is 43.4 Å². The third kappa shape index (κ3) is 3.70. The summed E-state index contributed by atoms with van der Waals surface area (Å²) in [6, 6.07) is 0.758. The topological polar surface area (TPSA) is 60.4 Å². The molecule has 0 spiro atoms. The van der Waals surface area contributed by atoms with Crippen molar-refractivity contribution in [3.05, 3.63) is 5.21 Å². The van der Waals surface area contributed by atoms with E-state index in [9.17, 15) is 10.0 Å². The summed E-state index contributed by atoms with van der Waals surface area (Å²) in [4.78, 5) is 10.8. The van der Waals surface area contributed by atoms with E-state index >= 15 is 0 Å². The summed E-state index contributed by atoms with van der Waals surface area (Å²) in [5, 5.41) is 22.2. The normalized spacial score (nSPS) is 41.5. The zero-order chi connectivity index (χ0) is 16.0. The van der Waals surface area contributed by atoms with Crippen molar-refractivity contribution >= 4 is 5.97 Å². The van der Waals surface area contributed by atoms with E-state index in [2.05, 4.69) is 14.1 Å². The highest BCUT2D eigenvalue weighted by molar-refractivity contribution is 5.66. The predicted octanol–water partition coefficient (Wildman–Crippen LogP) is -0.793. The number of carbonyl (C=O) groups is 1. The Kier molecular flexibility index (Phi) is 6.02. The van der Waals surface area contributed by atoms with Gasteiger partial charge in [0.25, 0.3) is 0 Å². The summed E-state index contributed by atoms with van der Waals surface area (Å²) in [5.74, 6) is 0.366. The van der Waals surface area contributed by atoms with Gasteiger partial charge in [0, 0.05) is 12.8 Å². The molecule has 3 fully saturated rings. The lowest BCUT2D eigenvalue weighted by atomic mass is 9.68. The Labute approximate surface area is 156 Å². The van der Waals surface area contributed by atoms with E-state index in [1.165, 1.54) is 12.8 Å². The van der Waals surface area contributed by atoms with Crippen LogP contribution in [0.3, 0.4) is 0 Å². The minimum atomic E-state index is -0.700. The molecule has 0 aromatic rings. The molecule has 3 heterocycles. The van der Waals surface area contributed by atoms with Gasteiger partial charge in [-0.3, -0.25) is 4.79 Å². The number of carboxylic acid groups (broad SMARTS) is 1. The smallest absolute Gasteiger partial charge is 0.303 e. The zero-order valence-electron chi connectivity index (χ0n) is 14.4. The fourth-order valence-electron chi connectivity index (χ4n) is 5.95. The molecule has 0 radical (unpaired) electrons. The molecule has 3 aliphatic heterocycles. The number of hydrogen-bond acceptors (Lipinski definition) is 2. The first-order valence-corrected chi connectivity index (χ1v) is 8.96. The van der Waals surface area contributed by atoms with E-state index in [-0.39, 0.29) is 35.0 Å². The maximum Gasteiger partial charge on any atom is 0.303 e. The van der Waals surface area contributed by atoms with Crippen molar-refractivity contribution in [1.29, 1.82) is 0 Å². The van der Waals surface area contributed by atoms with Crippen LogP contribution in [0.2, 0.25) is 0 Å². The van der Waals surface area contributed by atoms with E-state index in [1.54, 1.807) is 0 Å². The standard InChI is InChI=1S/C17H30N2O3.HI/c1-18(2)12-13-6-4-10-19(22)11-5-7-14(17(13)19)15(18)8-3-9-16(20)21;/h13-15,17H,3-12H2,1-2H3;1H/t13-,14+,15+,17-,19?;/m0./s1. The van der Waals surface area contributed by atoms with E-state index in [1.807, 2.05) is 0 Å². The van der Waals surface area contributed by atoms with Gasteiger partial charge in [0.1, 0.15) is 6.04 Å². The molecule has 6 heteroatoms. The molecule has 5 atom stereocenters. The summed E-state index contributed by atoms with van der Waals surface area (Å²) in [5.41, 5.74) is 0. The van der Waals surface area contributed by atoms with Gasteiger partial charge in [-0.1, -0.05) is 0 Å². The van der Waals surface area contributed by atoms with Crippen molar-refractivity contribution in [3.8, 4) is 0 Å². The number of nitrogens with zero attached hydrogens (tertiary/aromatic N) is 2. The van der Waals surface area contributed by atoms with Crippen LogP contribution < -0.4 is 24.0 Å². The second kappa shape index (κ2) is 7.14. The molecule has 3 rings (SSSR count). The van der Waals surface area contributed by atoms with E-state index in [0.29, 0.717) is 23.9 Å².